The summed E-state index contributed by atoms with van der Waals surface area (Å²) in [6, 6.07) is 19.2. The zero-order valence-electron chi connectivity index (χ0n) is 17.7. The molecule has 2 aliphatic heterocycles. The van der Waals surface area contributed by atoms with Gasteiger partial charge in [0, 0.05) is 20.5 Å². The van der Waals surface area contributed by atoms with Gasteiger partial charge < -0.3 is 4.74 Å². The summed E-state index contributed by atoms with van der Waals surface area (Å²) >= 11 is 3.43. The fourth-order valence-corrected chi connectivity index (χ4v) is 5.16. The van der Waals surface area contributed by atoms with Crippen LogP contribution in [0, 0.1) is 10.1 Å². The van der Waals surface area contributed by atoms with E-state index in [1.165, 1.54) is 0 Å². The number of fused-ring (bicyclic) bond motifs is 3. The maximum absolute atomic E-state index is 13.8. The summed E-state index contributed by atoms with van der Waals surface area (Å²) in [7, 11) is 1.56. The molecule has 1 fully saturated rings. The van der Waals surface area contributed by atoms with Crippen LogP contribution in [-0.2, 0) is 0 Å². The minimum absolute atomic E-state index is 0.212. The zero-order chi connectivity index (χ0) is 23.1. The molecule has 8 heteroatoms. The molecule has 0 saturated carbocycles. The van der Waals surface area contributed by atoms with Crippen molar-refractivity contribution in [3.63, 3.8) is 0 Å². The molecule has 3 aromatic rings. The summed E-state index contributed by atoms with van der Waals surface area (Å²) in [5.74, 6) is -0.263. The predicted octanol–water partition coefficient (Wildman–Crippen LogP) is 4.84. The molecule has 3 aromatic carbocycles. The lowest BCUT2D eigenvalue weighted by molar-refractivity contribution is -0.529. The molecule has 0 spiro atoms. The summed E-state index contributed by atoms with van der Waals surface area (Å²) in [6.45, 7) is 0. The van der Waals surface area contributed by atoms with Gasteiger partial charge in [-0.05, 0) is 47.5 Å². The van der Waals surface area contributed by atoms with Gasteiger partial charge in [0.1, 0.15) is 17.8 Å². The number of ether oxygens (including phenoxy) is 1. The van der Waals surface area contributed by atoms with Crippen molar-refractivity contribution in [2.75, 3.05) is 7.11 Å². The van der Waals surface area contributed by atoms with E-state index in [9.17, 15) is 14.9 Å². The van der Waals surface area contributed by atoms with Crippen LogP contribution < -0.4 is 4.74 Å². The highest BCUT2D eigenvalue weighted by Crippen LogP contribution is 2.49. The topological polar surface area (TPSA) is 85.0 Å². The van der Waals surface area contributed by atoms with E-state index in [1.54, 1.807) is 42.6 Å². The van der Waals surface area contributed by atoms with Gasteiger partial charge in [0.2, 0.25) is 6.04 Å². The number of carbonyl (C=O) groups is 1. The molecular weight excluding hydrogens is 486 g/mol. The van der Waals surface area contributed by atoms with E-state index in [2.05, 4.69) is 21.0 Å². The van der Waals surface area contributed by atoms with Gasteiger partial charge in [0.15, 0.2) is 5.78 Å². The lowest BCUT2D eigenvalue weighted by atomic mass is 9.82. The lowest BCUT2D eigenvalue weighted by Gasteiger charge is -2.30. The molecule has 5 rings (SSSR count). The molecule has 0 aliphatic carbocycles. The van der Waals surface area contributed by atoms with E-state index in [4.69, 9.17) is 4.74 Å². The number of Topliss-reactive ketones (excluding diaryl/α,β-unsaturated/α-hetero) is 1. The number of hydrogen-bond acceptors (Lipinski definition) is 6. The third-order valence-corrected chi connectivity index (χ3v) is 6.92. The molecule has 0 unspecified atom stereocenters. The van der Waals surface area contributed by atoms with Crippen LogP contribution in [-0.4, -0.2) is 41.1 Å². The van der Waals surface area contributed by atoms with Gasteiger partial charge in [0.25, 0.3) is 0 Å². The van der Waals surface area contributed by atoms with E-state index < -0.39 is 24.0 Å². The number of nitro groups is 1. The maximum atomic E-state index is 13.8. The monoisotopic (exact) mass is 505 g/mol. The van der Waals surface area contributed by atoms with Gasteiger partial charge in [-0.25, -0.2) is 0 Å². The second kappa shape index (κ2) is 8.44. The summed E-state index contributed by atoms with van der Waals surface area (Å²) < 4.78 is 6.07. The third-order valence-electron chi connectivity index (χ3n) is 6.39. The number of rotatable bonds is 5. The van der Waals surface area contributed by atoms with Crippen molar-refractivity contribution in [1.29, 1.82) is 0 Å². The summed E-state index contributed by atoms with van der Waals surface area (Å²) in [4.78, 5) is 26.1. The fraction of sp³-hybridized carbons (Fsp3) is 0.200. The van der Waals surface area contributed by atoms with Crippen molar-refractivity contribution in [3.05, 3.63) is 110 Å². The standard InChI is InChI=1S/C25H20BrN3O4/c1-33-19-12-8-16(9-13-19)25(30)24-21(15-6-10-18(26)11-7-15)23(29(31)32)22-20-5-3-2-4-17(20)14-27-28(22)24/h2-14,21-24H,1H3/t21-,22-,23+,24-/m1/s1. The average Bonchev–Trinajstić information content (AvgIpc) is 3.20. The molecule has 0 aromatic heterocycles. The first-order valence-corrected chi connectivity index (χ1v) is 11.3. The first-order valence-electron chi connectivity index (χ1n) is 10.5. The highest BCUT2D eigenvalue weighted by Gasteiger charge is 2.60. The van der Waals surface area contributed by atoms with E-state index in [1.807, 2.05) is 48.5 Å². The Kier molecular flexibility index (Phi) is 5.46. The molecule has 166 valence electrons. The minimum Gasteiger partial charge on any atom is -0.497 e. The van der Waals surface area contributed by atoms with Crippen LogP contribution in [0.4, 0.5) is 0 Å². The van der Waals surface area contributed by atoms with E-state index in [-0.39, 0.29) is 10.7 Å². The molecule has 2 aliphatic rings. The molecule has 33 heavy (non-hydrogen) atoms. The molecular formula is C25H20BrN3O4. The number of hydrogen-bond donors (Lipinski definition) is 0. The van der Waals surface area contributed by atoms with Gasteiger partial charge in [-0.15, -0.1) is 0 Å². The SMILES string of the molecule is COc1ccc(C(=O)[C@H]2[C@H](c3ccc(Br)cc3)[C@H]([N+](=O)[O-])[C@H]3c4ccccc4C=NN32)cc1. The van der Waals surface area contributed by atoms with Crippen LogP contribution in [0.15, 0.2) is 82.4 Å². The zero-order valence-corrected chi connectivity index (χ0v) is 19.3. The minimum atomic E-state index is -1.04. The Hall–Kier alpha value is -3.52. The number of methoxy groups -OCH3 is 1. The van der Waals surface area contributed by atoms with Crippen LogP contribution in [0.1, 0.15) is 39.0 Å². The normalized spacial score (nSPS) is 23.0. The van der Waals surface area contributed by atoms with Crippen molar-refractivity contribution >= 4 is 27.9 Å². The highest BCUT2D eigenvalue weighted by molar-refractivity contribution is 9.10. The molecule has 0 N–H and O–H groups in total. The largest absolute Gasteiger partial charge is 0.497 e. The third kappa shape index (κ3) is 3.60. The van der Waals surface area contributed by atoms with Crippen molar-refractivity contribution in [1.82, 2.24) is 5.01 Å². The van der Waals surface area contributed by atoms with Crippen LogP contribution in [0.5, 0.6) is 5.75 Å². The van der Waals surface area contributed by atoms with Gasteiger partial charge in [0.05, 0.1) is 19.2 Å². The second-order valence-corrected chi connectivity index (χ2v) is 9.00. The quantitative estimate of drug-likeness (QED) is 0.281. The van der Waals surface area contributed by atoms with Crippen LogP contribution in [0.3, 0.4) is 0 Å². The van der Waals surface area contributed by atoms with Crippen molar-refractivity contribution in [3.8, 4) is 5.75 Å². The molecule has 1 saturated heterocycles. The Morgan fingerprint density at radius 3 is 2.42 bits per heavy atom. The smallest absolute Gasteiger partial charge is 0.248 e. The van der Waals surface area contributed by atoms with Crippen LogP contribution in [0.25, 0.3) is 0 Å². The first kappa shape index (κ1) is 21.3. The van der Waals surface area contributed by atoms with E-state index in [0.717, 1.165) is 21.2 Å². The number of benzene rings is 3. The molecule has 2 heterocycles. The first-order chi connectivity index (χ1) is 16.0. The van der Waals surface area contributed by atoms with Gasteiger partial charge in [-0.3, -0.25) is 19.9 Å². The Labute approximate surface area is 199 Å². The van der Waals surface area contributed by atoms with Crippen molar-refractivity contribution in [2.24, 2.45) is 5.10 Å². The lowest BCUT2D eigenvalue weighted by Crippen LogP contribution is -2.38. The number of halogens is 1. The van der Waals surface area contributed by atoms with Crippen molar-refractivity contribution < 1.29 is 14.5 Å². The molecule has 0 radical (unpaired) electrons. The Balaban J connectivity index is 1.67. The molecule has 4 atom stereocenters. The Morgan fingerprint density at radius 1 is 1.06 bits per heavy atom. The number of ketones is 1. The van der Waals surface area contributed by atoms with Crippen LogP contribution >= 0.6 is 15.9 Å². The Morgan fingerprint density at radius 2 is 1.76 bits per heavy atom. The summed E-state index contributed by atoms with van der Waals surface area (Å²) in [5, 5.41) is 18.7. The summed E-state index contributed by atoms with van der Waals surface area (Å²) in [6.07, 6.45) is 1.68. The second-order valence-electron chi connectivity index (χ2n) is 8.09. The summed E-state index contributed by atoms with van der Waals surface area (Å²) in [5.41, 5.74) is 2.83. The fourth-order valence-electron chi connectivity index (χ4n) is 4.89. The highest BCUT2D eigenvalue weighted by atomic mass is 79.9. The number of carbonyl (C=O) groups excluding carboxylic acids is 1. The molecule has 0 bridgehead atoms. The predicted molar refractivity (Wildman–Crippen MR) is 127 cm³/mol. The molecule has 0 amide bonds. The van der Waals surface area contributed by atoms with E-state index in [0.29, 0.717) is 11.3 Å². The van der Waals surface area contributed by atoms with Gasteiger partial charge in [-0.1, -0.05) is 52.3 Å². The van der Waals surface area contributed by atoms with Gasteiger partial charge >= 0.3 is 0 Å². The van der Waals surface area contributed by atoms with Crippen molar-refractivity contribution in [2.45, 2.75) is 24.0 Å². The van der Waals surface area contributed by atoms with Crippen LogP contribution in [0.2, 0.25) is 0 Å². The number of hydrazone groups is 1. The maximum Gasteiger partial charge on any atom is 0.248 e. The van der Waals surface area contributed by atoms with Gasteiger partial charge in [-0.2, -0.15) is 5.10 Å². The Bertz CT molecular complexity index is 1240. The van der Waals surface area contributed by atoms with E-state index >= 15 is 0 Å². The molecule has 7 nitrogen and oxygen atoms in total. The number of nitrogens with zero attached hydrogens (tertiary/aromatic N) is 3. The average molecular weight is 506 g/mol.